The molecular weight excluding hydrogens is 346 g/mol. The summed E-state index contributed by atoms with van der Waals surface area (Å²) in [5, 5.41) is 4.24. The third kappa shape index (κ3) is 4.02. The molecule has 1 aliphatic rings. The molecule has 9 nitrogen and oxygen atoms in total. The van der Waals surface area contributed by atoms with E-state index in [1.165, 1.54) is 0 Å². The minimum atomic E-state index is -0.0836. The van der Waals surface area contributed by atoms with Gasteiger partial charge < -0.3 is 14.5 Å². The maximum Gasteiger partial charge on any atom is 0.336 e. The van der Waals surface area contributed by atoms with Crippen LogP contribution in [-0.2, 0) is 4.79 Å². The van der Waals surface area contributed by atoms with Crippen LogP contribution in [0.15, 0.2) is 55.1 Å². The molecular formula is C18H19N7O2. The first-order valence-corrected chi connectivity index (χ1v) is 8.69. The number of benzene rings is 1. The highest BCUT2D eigenvalue weighted by Crippen LogP contribution is 2.11. The predicted molar refractivity (Wildman–Crippen MR) is 97.7 cm³/mol. The lowest BCUT2D eigenvalue weighted by molar-refractivity contribution is -0.133. The van der Waals surface area contributed by atoms with Crippen LogP contribution in [0.1, 0.15) is 0 Å². The third-order valence-electron chi connectivity index (χ3n) is 4.28. The summed E-state index contributed by atoms with van der Waals surface area (Å²) in [5.41, 5.74) is 0.880. The summed E-state index contributed by atoms with van der Waals surface area (Å²) >= 11 is 0. The van der Waals surface area contributed by atoms with E-state index in [0.29, 0.717) is 32.1 Å². The zero-order chi connectivity index (χ0) is 18.5. The lowest BCUT2D eigenvalue weighted by atomic mass is 10.3. The largest absolute Gasteiger partial charge is 0.452 e. The van der Waals surface area contributed by atoms with E-state index in [2.05, 4.69) is 25.0 Å². The summed E-state index contributed by atoms with van der Waals surface area (Å²) in [6.45, 7) is 2.51. The molecule has 9 heteroatoms. The highest BCUT2D eigenvalue weighted by Gasteiger charge is 2.23. The molecule has 1 saturated heterocycles. The second-order valence-corrected chi connectivity index (χ2v) is 6.01. The molecule has 2 aromatic heterocycles. The van der Waals surface area contributed by atoms with Gasteiger partial charge in [-0.2, -0.15) is 4.98 Å². The summed E-state index contributed by atoms with van der Waals surface area (Å²) in [5.74, 6) is 0.608. The fraction of sp³-hybridized carbons (Fsp3) is 0.278. The van der Waals surface area contributed by atoms with Gasteiger partial charge in [0, 0.05) is 38.6 Å². The average molecular weight is 365 g/mol. The normalized spacial score (nSPS) is 14.2. The van der Waals surface area contributed by atoms with Crippen LogP contribution < -0.4 is 9.64 Å². The Morgan fingerprint density at radius 2 is 1.70 bits per heavy atom. The van der Waals surface area contributed by atoms with Gasteiger partial charge in [0.2, 0.25) is 5.95 Å². The molecule has 1 aromatic carbocycles. The Morgan fingerprint density at radius 3 is 2.44 bits per heavy atom. The number of hydrogen-bond donors (Lipinski definition) is 0. The molecule has 4 rings (SSSR count). The van der Waals surface area contributed by atoms with Crippen molar-refractivity contribution in [1.29, 1.82) is 0 Å². The van der Waals surface area contributed by atoms with Crippen LogP contribution in [0.25, 0.3) is 5.69 Å². The average Bonchev–Trinajstić information content (AvgIpc) is 3.22. The lowest BCUT2D eigenvalue weighted by Gasteiger charge is -2.34. The molecule has 0 aliphatic carbocycles. The van der Waals surface area contributed by atoms with Crippen LogP contribution in [0.5, 0.6) is 6.01 Å². The Bertz CT molecular complexity index is 877. The van der Waals surface area contributed by atoms with Crippen molar-refractivity contribution in [2.45, 2.75) is 0 Å². The van der Waals surface area contributed by atoms with E-state index in [1.807, 2.05) is 30.3 Å². The standard InChI is InChI=1S/C18H19N7O2/c26-16(23-9-11-24(12-10-23)17-19-7-4-8-20-17)13-27-18-21-14-25(22-18)15-5-2-1-3-6-15/h1-8,14H,9-13H2. The molecule has 1 amide bonds. The first kappa shape index (κ1) is 17.0. The number of ether oxygens (including phenoxy) is 1. The topological polar surface area (TPSA) is 89.3 Å². The first-order valence-electron chi connectivity index (χ1n) is 8.69. The summed E-state index contributed by atoms with van der Waals surface area (Å²) in [4.78, 5) is 28.8. The molecule has 0 atom stereocenters. The van der Waals surface area contributed by atoms with Crippen LogP contribution >= 0.6 is 0 Å². The molecule has 3 aromatic rings. The van der Waals surface area contributed by atoms with E-state index in [-0.39, 0.29) is 18.5 Å². The fourth-order valence-corrected chi connectivity index (χ4v) is 2.85. The Labute approximate surface area is 156 Å². The van der Waals surface area contributed by atoms with Crippen molar-refractivity contribution in [2.24, 2.45) is 0 Å². The summed E-state index contributed by atoms with van der Waals surface area (Å²) in [6.07, 6.45) is 5.00. The monoisotopic (exact) mass is 365 g/mol. The van der Waals surface area contributed by atoms with Crippen molar-refractivity contribution in [3.63, 3.8) is 0 Å². The molecule has 0 bridgehead atoms. The number of amides is 1. The quantitative estimate of drug-likeness (QED) is 0.660. The number of rotatable bonds is 5. The van der Waals surface area contributed by atoms with Crippen LogP contribution in [0.2, 0.25) is 0 Å². The molecule has 3 heterocycles. The van der Waals surface area contributed by atoms with E-state index in [1.54, 1.807) is 34.4 Å². The third-order valence-corrected chi connectivity index (χ3v) is 4.28. The molecule has 0 saturated carbocycles. The highest BCUT2D eigenvalue weighted by atomic mass is 16.5. The molecule has 0 spiro atoms. The van der Waals surface area contributed by atoms with Crippen LogP contribution in [-0.4, -0.2) is 68.3 Å². The van der Waals surface area contributed by atoms with Crippen molar-refractivity contribution in [2.75, 3.05) is 37.7 Å². The molecule has 0 N–H and O–H groups in total. The molecule has 0 radical (unpaired) electrons. The first-order chi connectivity index (χ1) is 13.3. The second kappa shape index (κ2) is 7.81. The number of para-hydroxylation sites is 1. The maximum absolute atomic E-state index is 12.4. The number of carbonyl (C=O) groups is 1. The minimum absolute atomic E-state index is 0.0827. The predicted octanol–water partition coefficient (Wildman–Crippen LogP) is 0.785. The zero-order valence-electron chi connectivity index (χ0n) is 14.7. The molecule has 1 aliphatic heterocycles. The van der Waals surface area contributed by atoms with Gasteiger partial charge in [-0.1, -0.05) is 18.2 Å². The molecule has 138 valence electrons. The van der Waals surface area contributed by atoms with E-state index in [9.17, 15) is 4.79 Å². The van der Waals surface area contributed by atoms with Crippen molar-refractivity contribution in [1.82, 2.24) is 29.6 Å². The van der Waals surface area contributed by atoms with E-state index >= 15 is 0 Å². The fourth-order valence-electron chi connectivity index (χ4n) is 2.85. The van der Waals surface area contributed by atoms with Crippen LogP contribution in [0.3, 0.4) is 0 Å². The number of anilines is 1. The second-order valence-electron chi connectivity index (χ2n) is 6.01. The minimum Gasteiger partial charge on any atom is -0.452 e. The summed E-state index contributed by atoms with van der Waals surface area (Å²) in [6, 6.07) is 11.6. The number of aromatic nitrogens is 5. The number of hydrogen-bond acceptors (Lipinski definition) is 7. The molecule has 27 heavy (non-hydrogen) atoms. The number of carbonyl (C=O) groups excluding carboxylic acids is 1. The van der Waals surface area contributed by atoms with Gasteiger partial charge in [-0.05, 0) is 18.2 Å². The lowest BCUT2D eigenvalue weighted by Crippen LogP contribution is -2.50. The highest BCUT2D eigenvalue weighted by molar-refractivity contribution is 5.78. The van der Waals surface area contributed by atoms with Crippen molar-refractivity contribution in [3.05, 3.63) is 55.1 Å². The van der Waals surface area contributed by atoms with Crippen molar-refractivity contribution in [3.8, 4) is 11.7 Å². The summed E-state index contributed by atoms with van der Waals surface area (Å²) < 4.78 is 7.07. The Balaban J connectivity index is 1.27. The van der Waals surface area contributed by atoms with Gasteiger partial charge in [-0.15, -0.1) is 5.10 Å². The number of nitrogens with zero attached hydrogens (tertiary/aromatic N) is 7. The van der Waals surface area contributed by atoms with E-state index in [4.69, 9.17) is 4.74 Å². The van der Waals surface area contributed by atoms with Gasteiger partial charge in [0.15, 0.2) is 6.61 Å². The molecule has 1 fully saturated rings. The van der Waals surface area contributed by atoms with Gasteiger partial charge >= 0.3 is 6.01 Å². The Hall–Kier alpha value is -3.49. The zero-order valence-corrected chi connectivity index (χ0v) is 14.7. The van der Waals surface area contributed by atoms with E-state index < -0.39 is 0 Å². The Kier molecular flexibility index (Phi) is 4.91. The maximum atomic E-state index is 12.4. The van der Waals surface area contributed by atoms with Crippen molar-refractivity contribution >= 4 is 11.9 Å². The van der Waals surface area contributed by atoms with Crippen LogP contribution in [0, 0.1) is 0 Å². The van der Waals surface area contributed by atoms with Gasteiger partial charge in [0.05, 0.1) is 5.69 Å². The SMILES string of the molecule is O=C(COc1ncn(-c2ccccc2)n1)N1CCN(c2ncccn2)CC1. The summed E-state index contributed by atoms with van der Waals surface area (Å²) in [7, 11) is 0. The van der Waals surface area contributed by atoms with Gasteiger partial charge in [-0.3, -0.25) is 4.79 Å². The number of piperazine rings is 1. The van der Waals surface area contributed by atoms with Gasteiger partial charge in [0.25, 0.3) is 5.91 Å². The Morgan fingerprint density at radius 1 is 0.963 bits per heavy atom. The van der Waals surface area contributed by atoms with Crippen molar-refractivity contribution < 1.29 is 9.53 Å². The van der Waals surface area contributed by atoms with E-state index in [0.717, 1.165) is 5.69 Å². The smallest absolute Gasteiger partial charge is 0.336 e. The van der Waals surface area contributed by atoms with Gasteiger partial charge in [-0.25, -0.2) is 14.6 Å². The molecule has 0 unspecified atom stereocenters. The van der Waals surface area contributed by atoms with Gasteiger partial charge in [0.1, 0.15) is 6.33 Å². The van der Waals surface area contributed by atoms with Crippen LogP contribution in [0.4, 0.5) is 5.95 Å².